The van der Waals surface area contributed by atoms with Gasteiger partial charge in [0.2, 0.25) is 0 Å². The molecule has 1 aromatic heterocycles. The molecule has 0 unspecified atom stereocenters. The van der Waals surface area contributed by atoms with Crippen molar-refractivity contribution >= 4 is 23.2 Å². The third kappa shape index (κ3) is 3.29. The van der Waals surface area contributed by atoms with Gasteiger partial charge in [0.15, 0.2) is 0 Å². The monoisotopic (exact) mass is 270 g/mol. The maximum atomic E-state index is 11.9. The molecule has 1 aromatic rings. The Morgan fingerprint density at radius 3 is 2.50 bits per heavy atom. The van der Waals surface area contributed by atoms with Crippen LogP contribution in [0.25, 0.3) is 0 Å². The third-order valence-electron chi connectivity index (χ3n) is 2.62. The number of aromatic nitrogens is 1. The van der Waals surface area contributed by atoms with E-state index >= 15 is 0 Å². The maximum Gasteiger partial charge on any atom is 0.310 e. The van der Waals surface area contributed by atoms with Crippen molar-refractivity contribution in [3.8, 4) is 0 Å². The molecule has 1 heterocycles. The molecule has 0 aliphatic carbocycles. The summed E-state index contributed by atoms with van der Waals surface area (Å²) >= 11 is 1.36. The zero-order valence-corrected chi connectivity index (χ0v) is 11.8. The van der Waals surface area contributed by atoms with Gasteiger partial charge in [-0.3, -0.25) is 9.59 Å². The molecule has 6 heteroatoms. The average Bonchev–Trinajstić information content (AvgIpc) is 2.67. The van der Waals surface area contributed by atoms with Crippen LogP contribution in [0.1, 0.15) is 41.1 Å². The van der Waals surface area contributed by atoms with Crippen LogP contribution in [-0.2, 0) is 11.2 Å². The fourth-order valence-electron chi connectivity index (χ4n) is 1.27. The summed E-state index contributed by atoms with van der Waals surface area (Å²) in [5, 5.41) is 12.5. The minimum absolute atomic E-state index is 0.0972. The molecule has 1 rings (SSSR count). The Hall–Kier alpha value is -1.43. The number of hydrogen-bond acceptors (Lipinski definition) is 4. The van der Waals surface area contributed by atoms with Crippen molar-refractivity contribution in [2.75, 3.05) is 6.54 Å². The number of nitrogens with one attached hydrogen (secondary N) is 1. The smallest absolute Gasteiger partial charge is 0.310 e. The summed E-state index contributed by atoms with van der Waals surface area (Å²) in [6.45, 7) is 7.01. The Balaban J connectivity index is 2.71. The molecule has 5 nitrogen and oxygen atoms in total. The van der Waals surface area contributed by atoms with Crippen LogP contribution in [0, 0.1) is 12.3 Å². The topological polar surface area (TPSA) is 79.3 Å². The van der Waals surface area contributed by atoms with E-state index in [1.807, 2.05) is 6.92 Å². The van der Waals surface area contributed by atoms with Gasteiger partial charge in [0.05, 0.1) is 16.1 Å². The van der Waals surface area contributed by atoms with Gasteiger partial charge in [-0.05, 0) is 27.2 Å². The predicted molar refractivity (Wildman–Crippen MR) is 70.0 cm³/mol. The fraction of sp³-hybridized carbons (Fsp3) is 0.583. The number of carboxylic acid groups (broad SMARTS) is 1. The molecule has 0 aliphatic heterocycles. The first-order valence-corrected chi connectivity index (χ1v) is 6.57. The van der Waals surface area contributed by atoms with Crippen LogP contribution < -0.4 is 5.32 Å². The van der Waals surface area contributed by atoms with E-state index in [9.17, 15) is 9.59 Å². The largest absolute Gasteiger partial charge is 0.481 e. The highest BCUT2D eigenvalue weighted by Gasteiger charge is 2.28. The lowest BCUT2D eigenvalue weighted by atomic mass is 9.94. The molecule has 2 N–H and O–H groups in total. The molecule has 0 saturated heterocycles. The normalized spacial score (nSPS) is 11.3. The molecule has 1 amide bonds. The molecule has 0 spiro atoms. The van der Waals surface area contributed by atoms with E-state index in [1.165, 1.54) is 11.3 Å². The second-order valence-electron chi connectivity index (χ2n) is 4.75. The second kappa shape index (κ2) is 5.48. The van der Waals surface area contributed by atoms with E-state index in [1.54, 1.807) is 20.8 Å². The molecule has 100 valence electrons. The van der Waals surface area contributed by atoms with Crippen molar-refractivity contribution in [1.29, 1.82) is 0 Å². The minimum atomic E-state index is -0.970. The molecule has 0 atom stereocenters. The quantitative estimate of drug-likeness (QED) is 0.856. The Kier molecular flexibility index (Phi) is 4.45. The maximum absolute atomic E-state index is 11.9. The molecule has 0 fully saturated rings. The van der Waals surface area contributed by atoms with Crippen LogP contribution in [0.3, 0.4) is 0 Å². The number of carbonyl (C=O) groups excluding carboxylic acids is 1. The molecule has 0 aliphatic rings. The molecule has 0 saturated carbocycles. The molecular formula is C12H18N2O3S. The number of rotatable bonds is 5. The van der Waals surface area contributed by atoms with Crippen molar-refractivity contribution in [1.82, 2.24) is 10.3 Å². The Bertz CT molecular complexity index is 466. The first-order chi connectivity index (χ1) is 8.27. The number of amides is 1. The predicted octanol–water partition coefficient (Wildman–Crippen LogP) is 1.85. The lowest BCUT2D eigenvalue weighted by molar-refractivity contribution is -0.146. The number of thiazole rings is 1. The van der Waals surface area contributed by atoms with Crippen LogP contribution in [0.4, 0.5) is 0 Å². The standard InChI is InChI=1S/C12H18N2O3S/c1-5-8-14-7(2)9(18-8)10(15)13-6-12(3,4)11(16)17/h5-6H2,1-4H3,(H,13,15)(H,16,17). The summed E-state index contributed by atoms with van der Waals surface area (Å²) in [5.41, 5.74) is -0.274. The van der Waals surface area contributed by atoms with Gasteiger partial charge < -0.3 is 10.4 Å². The Morgan fingerprint density at radius 1 is 1.44 bits per heavy atom. The molecular weight excluding hydrogens is 252 g/mol. The van der Waals surface area contributed by atoms with Gasteiger partial charge in [-0.2, -0.15) is 0 Å². The Morgan fingerprint density at radius 2 is 2.06 bits per heavy atom. The third-order valence-corrected chi connectivity index (χ3v) is 3.92. The van der Waals surface area contributed by atoms with Crippen molar-refractivity contribution in [2.45, 2.75) is 34.1 Å². The van der Waals surface area contributed by atoms with Gasteiger partial charge in [-0.15, -0.1) is 11.3 Å². The summed E-state index contributed by atoms with van der Waals surface area (Å²) in [6.07, 6.45) is 0.791. The molecule has 0 radical (unpaired) electrons. The minimum Gasteiger partial charge on any atom is -0.481 e. The fourth-order valence-corrected chi connectivity index (χ4v) is 2.19. The Labute approximate surface area is 110 Å². The van der Waals surface area contributed by atoms with Gasteiger partial charge in [0, 0.05) is 6.54 Å². The van der Waals surface area contributed by atoms with Crippen molar-refractivity contribution in [3.63, 3.8) is 0 Å². The van der Waals surface area contributed by atoms with Gasteiger partial charge in [-0.1, -0.05) is 6.92 Å². The summed E-state index contributed by atoms with van der Waals surface area (Å²) in [4.78, 5) is 27.7. The number of carbonyl (C=O) groups is 2. The van der Waals surface area contributed by atoms with E-state index in [0.29, 0.717) is 10.6 Å². The zero-order chi connectivity index (χ0) is 13.9. The highest BCUT2D eigenvalue weighted by Crippen LogP contribution is 2.19. The summed E-state index contributed by atoms with van der Waals surface area (Å²) in [7, 11) is 0. The SMILES string of the molecule is CCc1nc(C)c(C(=O)NCC(C)(C)C(=O)O)s1. The van der Waals surface area contributed by atoms with Gasteiger partial charge in [-0.25, -0.2) is 4.98 Å². The van der Waals surface area contributed by atoms with E-state index in [-0.39, 0.29) is 12.5 Å². The average molecular weight is 270 g/mol. The summed E-state index contributed by atoms with van der Waals surface area (Å²) in [6, 6.07) is 0. The second-order valence-corrected chi connectivity index (χ2v) is 5.83. The number of aryl methyl sites for hydroxylation is 2. The molecule has 0 bridgehead atoms. The van der Waals surface area contributed by atoms with Crippen molar-refractivity contribution in [3.05, 3.63) is 15.6 Å². The van der Waals surface area contributed by atoms with Gasteiger partial charge >= 0.3 is 5.97 Å². The van der Waals surface area contributed by atoms with E-state index in [0.717, 1.165) is 11.4 Å². The van der Waals surface area contributed by atoms with Crippen LogP contribution >= 0.6 is 11.3 Å². The highest BCUT2D eigenvalue weighted by atomic mass is 32.1. The van der Waals surface area contributed by atoms with Gasteiger partial charge in [0.1, 0.15) is 4.88 Å². The highest BCUT2D eigenvalue weighted by molar-refractivity contribution is 7.13. The summed E-state index contributed by atoms with van der Waals surface area (Å²) < 4.78 is 0. The van der Waals surface area contributed by atoms with E-state index in [4.69, 9.17) is 5.11 Å². The number of carboxylic acids is 1. The number of aliphatic carboxylic acids is 1. The van der Waals surface area contributed by atoms with Crippen LogP contribution in [0.2, 0.25) is 0 Å². The number of nitrogens with zero attached hydrogens (tertiary/aromatic N) is 1. The molecule has 0 aromatic carbocycles. The van der Waals surface area contributed by atoms with Crippen molar-refractivity contribution < 1.29 is 14.7 Å². The van der Waals surface area contributed by atoms with Crippen LogP contribution in [-0.4, -0.2) is 28.5 Å². The number of hydrogen-bond donors (Lipinski definition) is 2. The van der Waals surface area contributed by atoms with E-state index < -0.39 is 11.4 Å². The zero-order valence-electron chi connectivity index (χ0n) is 11.0. The van der Waals surface area contributed by atoms with Gasteiger partial charge in [0.25, 0.3) is 5.91 Å². The first-order valence-electron chi connectivity index (χ1n) is 5.76. The van der Waals surface area contributed by atoms with Crippen LogP contribution in [0.5, 0.6) is 0 Å². The summed E-state index contributed by atoms with van der Waals surface area (Å²) in [5.74, 6) is -1.18. The van der Waals surface area contributed by atoms with E-state index in [2.05, 4.69) is 10.3 Å². The lowest BCUT2D eigenvalue weighted by Gasteiger charge is -2.19. The molecule has 18 heavy (non-hydrogen) atoms. The van der Waals surface area contributed by atoms with Crippen molar-refractivity contribution in [2.24, 2.45) is 5.41 Å². The lowest BCUT2D eigenvalue weighted by Crippen LogP contribution is -2.38. The first kappa shape index (κ1) is 14.6. The van der Waals surface area contributed by atoms with Crippen LogP contribution in [0.15, 0.2) is 0 Å².